The minimum atomic E-state index is -0.479. The highest BCUT2D eigenvalue weighted by Crippen LogP contribution is 2.36. The zero-order valence-corrected chi connectivity index (χ0v) is 20.6. The van der Waals surface area contributed by atoms with Crippen LogP contribution in [0.15, 0.2) is 42.7 Å². The summed E-state index contributed by atoms with van der Waals surface area (Å²) in [6.45, 7) is 6.44. The van der Waals surface area contributed by atoms with Gasteiger partial charge in [0.25, 0.3) is 5.91 Å². The Morgan fingerprint density at radius 2 is 1.97 bits per heavy atom. The highest BCUT2D eigenvalue weighted by Gasteiger charge is 2.22. The number of hydrogen-bond donors (Lipinski definition) is 1. The molecule has 3 aromatic rings. The quantitative estimate of drug-likeness (QED) is 0.497. The largest absolute Gasteiger partial charge is 0.378 e. The van der Waals surface area contributed by atoms with Crippen molar-refractivity contribution >= 4 is 17.3 Å². The van der Waals surface area contributed by atoms with Crippen molar-refractivity contribution in [3.63, 3.8) is 0 Å². The molecular weight excluding hydrogens is 455 g/mol. The summed E-state index contributed by atoms with van der Waals surface area (Å²) in [6, 6.07) is 8.65. The SMILES string of the molecule is CC#Cc1ncc(-c2cc(NC(=O)c3ccnc(C4CCC4)c3)c(F)cc2C)cc1N1CCOCC1. The molecule has 0 atom stereocenters. The number of nitrogens with zero attached hydrogens (tertiary/aromatic N) is 3. The number of pyridine rings is 2. The molecule has 1 aromatic carbocycles. The van der Waals surface area contributed by atoms with Crippen LogP contribution in [0.1, 0.15) is 59.4 Å². The number of carbonyl (C=O) groups is 1. The zero-order chi connectivity index (χ0) is 25.1. The zero-order valence-electron chi connectivity index (χ0n) is 20.6. The Balaban J connectivity index is 1.46. The lowest BCUT2D eigenvalue weighted by Crippen LogP contribution is -2.36. The molecule has 2 aliphatic rings. The van der Waals surface area contributed by atoms with Gasteiger partial charge in [-0.3, -0.25) is 9.78 Å². The van der Waals surface area contributed by atoms with E-state index < -0.39 is 5.82 Å². The molecule has 0 unspecified atom stereocenters. The second-order valence-electron chi connectivity index (χ2n) is 9.26. The number of morpholine rings is 1. The molecule has 2 fully saturated rings. The number of benzene rings is 1. The van der Waals surface area contributed by atoms with Gasteiger partial charge in [-0.25, -0.2) is 9.37 Å². The first kappa shape index (κ1) is 24.0. The number of carbonyl (C=O) groups excluding carboxylic acids is 1. The van der Waals surface area contributed by atoms with Crippen LogP contribution < -0.4 is 10.2 Å². The molecule has 1 aliphatic carbocycles. The standard InChI is InChI=1S/C29H29FN4O2/c1-3-5-25-28(34-10-12-36-13-11-34)16-22(18-32-25)23-17-27(24(30)14-19(23)2)33-29(35)21-8-9-31-26(15-21)20-6-4-7-20/h8-9,14-18,20H,4,6-7,10-13H2,1-2H3,(H,33,35). The van der Waals surface area contributed by atoms with Crippen LogP contribution in [0.25, 0.3) is 11.1 Å². The Bertz CT molecular complexity index is 1350. The van der Waals surface area contributed by atoms with Gasteiger partial charge in [-0.1, -0.05) is 12.3 Å². The van der Waals surface area contributed by atoms with E-state index in [0.717, 1.165) is 54.0 Å². The number of nitrogens with one attached hydrogen (secondary N) is 1. The summed E-state index contributed by atoms with van der Waals surface area (Å²) < 4.78 is 20.4. The van der Waals surface area contributed by atoms with Crippen LogP contribution in [-0.2, 0) is 4.74 Å². The first-order valence-corrected chi connectivity index (χ1v) is 12.4. The van der Waals surface area contributed by atoms with Gasteiger partial charge in [0, 0.05) is 48.2 Å². The summed E-state index contributed by atoms with van der Waals surface area (Å²) in [5.41, 5.74) is 5.56. The van der Waals surface area contributed by atoms with Crippen molar-refractivity contribution in [1.82, 2.24) is 9.97 Å². The van der Waals surface area contributed by atoms with Crippen molar-refractivity contribution < 1.29 is 13.9 Å². The number of hydrogen-bond acceptors (Lipinski definition) is 5. The average molecular weight is 485 g/mol. The third-order valence-corrected chi connectivity index (χ3v) is 6.90. The number of halogens is 1. The van der Waals surface area contributed by atoms with Crippen molar-refractivity contribution in [3.05, 3.63) is 71.1 Å². The number of anilines is 2. The first-order chi connectivity index (χ1) is 17.5. The summed E-state index contributed by atoms with van der Waals surface area (Å²) in [5.74, 6) is 5.60. The van der Waals surface area contributed by atoms with Gasteiger partial charge >= 0.3 is 0 Å². The number of amides is 1. The van der Waals surface area contributed by atoms with Crippen molar-refractivity contribution in [2.45, 2.75) is 39.0 Å². The summed E-state index contributed by atoms with van der Waals surface area (Å²) >= 11 is 0. The number of rotatable bonds is 5. The normalized spacial score (nSPS) is 15.6. The van der Waals surface area contributed by atoms with Crippen LogP contribution in [0, 0.1) is 24.6 Å². The summed E-state index contributed by atoms with van der Waals surface area (Å²) in [4.78, 5) is 24.3. The molecule has 1 saturated carbocycles. The first-order valence-electron chi connectivity index (χ1n) is 12.4. The van der Waals surface area contributed by atoms with E-state index in [-0.39, 0.29) is 11.6 Å². The minimum Gasteiger partial charge on any atom is -0.378 e. The molecule has 2 aromatic heterocycles. The van der Waals surface area contributed by atoms with Crippen LogP contribution in [-0.4, -0.2) is 42.2 Å². The Morgan fingerprint density at radius 3 is 2.69 bits per heavy atom. The summed E-state index contributed by atoms with van der Waals surface area (Å²) in [5, 5.41) is 2.76. The molecule has 0 radical (unpaired) electrons. The Hall–Kier alpha value is -3.76. The Kier molecular flexibility index (Phi) is 6.97. The van der Waals surface area contributed by atoms with E-state index in [1.54, 1.807) is 31.5 Å². The van der Waals surface area contributed by atoms with Crippen LogP contribution in [0.5, 0.6) is 0 Å². The van der Waals surface area contributed by atoms with Crippen molar-refractivity contribution in [2.24, 2.45) is 0 Å². The molecule has 6 nitrogen and oxygen atoms in total. The molecule has 1 saturated heterocycles. The van der Waals surface area contributed by atoms with Crippen LogP contribution in [0.2, 0.25) is 0 Å². The van der Waals surface area contributed by atoms with Gasteiger partial charge < -0.3 is 15.0 Å². The monoisotopic (exact) mass is 484 g/mol. The van der Waals surface area contributed by atoms with Crippen molar-refractivity contribution in [1.29, 1.82) is 0 Å². The molecule has 0 spiro atoms. The number of aromatic nitrogens is 2. The molecule has 7 heteroatoms. The van der Waals surface area contributed by atoms with E-state index in [1.165, 1.54) is 12.5 Å². The van der Waals surface area contributed by atoms with E-state index >= 15 is 0 Å². The van der Waals surface area contributed by atoms with E-state index in [2.05, 4.69) is 32.0 Å². The third-order valence-electron chi connectivity index (χ3n) is 6.90. The molecule has 36 heavy (non-hydrogen) atoms. The molecule has 5 rings (SSSR count). The predicted octanol–water partition coefficient (Wildman–Crippen LogP) is 5.32. The van der Waals surface area contributed by atoms with E-state index in [1.807, 2.05) is 19.1 Å². The molecular formula is C29H29FN4O2. The molecule has 0 bridgehead atoms. The predicted molar refractivity (Wildman–Crippen MR) is 139 cm³/mol. The third kappa shape index (κ3) is 4.95. The van der Waals surface area contributed by atoms with Crippen LogP contribution in [0.3, 0.4) is 0 Å². The fourth-order valence-electron chi connectivity index (χ4n) is 4.65. The lowest BCUT2D eigenvalue weighted by molar-refractivity contribution is 0.102. The number of ether oxygens (including phenoxy) is 1. The van der Waals surface area contributed by atoms with Crippen molar-refractivity contribution in [2.75, 3.05) is 36.5 Å². The smallest absolute Gasteiger partial charge is 0.255 e. The van der Waals surface area contributed by atoms with Gasteiger partial charge in [-0.15, -0.1) is 0 Å². The summed E-state index contributed by atoms with van der Waals surface area (Å²) in [6.07, 6.45) is 6.78. The molecule has 1 N–H and O–H groups in total. The van der Waals surface area contributed by atoms with Crippen LogP contribution in [0.4, 0.5) is 15.8 Å². The van der Waals surface area contributed by atoms with E-state index in [4.69, 9.17) is 4.74 Å². The van der Waals surface area contributed by atoms with Crippen molar-refractivity contribution in [3.8, 4) is 23.0 Å². The minimum absolute atomic E-state index is 0.132. The number of aryl methyl sites for hydroxylation is 1. The highest BCUT2D eigenvalue weighted by atomic mass is 19.1. The highest BCUT2D eigenvalue weighted by molar-refractivity contribution is 6.04. The van der Waals surface area contributed by atoms with Gasteiger partial charge in [0.05, 0.1) is 24.6 Å². The van der Waals surface area contributed by atoms with Crippen LogP contribution >= 0.6 is 0 Å². The topological polar surface area (TPSA) is 67.4 Å². The van der Waals surface area contributed by atoms with Gasteiger partial charge in [0.1, 0.15) is 11.5 Å². The maximum absolute atomic E-state index is 14.9. The average Bonchev–Trinajstić information content (AvgIpc) is 2.86. The molecule has 3 heterocycles. The Labute approximate surface area is 210 Å². The lowest BCUT2D eigenvalue weighted by Gasteiger charge is -2.29. The van der Waals surface area contributed by atoms with E-state index in [0.29, 0.717) is 30.4 Å². The molecule has 1 amide bonds. The maximum Gasteiger partial charge on any atom is 0.255 e. The molecule has 1 aliphatic heterocycles. The van der Waals surface area contributed by atoms with Gasteiger partial charge in [0.2, 0.25) is 0 Å². The van der Waals surface area contributed by atoms with Gasteiger partial charge in [-0.2, -0.15) is 0 Å². The summed E-state index contributed by atoms with van der Waals surface area (Å²) in [7, 11) is 0. The van der Waals surface area contributed by atoms with E-state index in [9.17, 15) is 9.18 Å². The fraction of sp³-hybridized carbons (Fsp3) is 0.345. The van der Waals surface area contributed by atoms with Gasteiger partial charge in [-0.05, 0) is 74.1 Å². The second-order valence-corrected chi connectivity index (χ2v) is 9.26. The maximum atomic E-state index is 14.9. The molecule has 184 valence electrons. The van der Waals surface area contributed by atoms with Gasteiger partial charge in [0.15, 0.2) is 0 Å². The fourth-order valence-corrected chi connectivity index (χ4v) is 4.65. The second kappa shape index (κ2) is 10.5. The Morgan fingerprint density at radius 1 is 1.17 bits per heavy atom. The lowest BCUT2D eigenvalue weighted by atomic mass is 9.82.